The van der Waals surface area contributed by atoms with Crippen molar-refractivity contribution in [2.75, 3.05) is 12.4 Å². The number of aromatic nitrogens is 3. The Labute approximate surface area is 187 Å². The van der Waals surface area contributed by atoms with Crippen molar-refractivity contribution in [3.05, 3.63) is 42.4 Å². The van der Waals surface area contributed by atoms with E-state index in [2.05, 4.69) is 39.5 Å². The molecule has 3 aromatic heterocycles. The monoisotopic (exact) mass is 431 g/mol. The molecule has 1 amide bonds. The Kier molecular flexibility index (Phi) is 4.68. The number of hydrogen-bond acceptors (Lipinski definition) is 5. The fraction of sp³-hybridized carbons (Fsp3) is 0.480. The third kappa shape index (κ3) is 3.64. The van der Waals surface area contributed by atoms with Crippen LogP contribution in [-0.4, -0.2) is 50.6 Å². The summed E-state index contributed by atoms with van der Waals surface area (Å²) in [5.41, 5.74) is 4.01. The topological polar surface area (TPSA) is 71.8 Å². The van der Waals surface area contributed by atoms with E-state index in [0.717, 1.165) is 53.8 Å². The van der Waals surface area contributed by atoms with E-state index in [0.29, 0.717) is 17.9 Å². The van der Waals surface area contributed by atoms with E-state index in [-0.39, 0.29) is 17.9 Å². The second kappa shape index (κ2) is 7.59. The van der Waals surface area contributed by atoms with Gasteiger partial charge in [0.1, 0.15) is 11.9 Å². The zero-order chi connectivity index (χ0) is 21.8. The van der Waals surface area contributed by atoms with Gasteiger partial charge in [-0.2, -0.15) is 5.10 Å². The summed E-state index contributed by atoms with van der Waals surface area (Å²) in [7, 11) is 2.25. The molecule has 2 aliphatic heterocycles. The molecular weight excluding hydrogens is 402 g/mol. The van der Waals surface area contributed by atoms with Crippen molar-refractivity contribution in [2.24, 2.45) is 5.92 Å². The number of aryl methyl sites for hydroxylation is 1. The van der Waals surface area contributed by atoms with Gasteiger partial charge in [0.15, 0.2) is 5.82 Å². The largest absolute Gasteiger partial charge is 0.488 e. The standard InChI is InChI=1S/C25H29N5O2/c1-15-9-22(23(14-26-15)32-21-11-18-5-6-19(12-21)29(18)2)17-7-8-30-20(10-17)13-24(28-30)27-25(31)16-3-4-16/h7-10,13-14,16,18-19,21H,3-6,11-12H2,1-2H3,(H,27,28,31)/t18-,19+,21?. The van der Waals surface area contributed by atoms with E-state index in [1.165, 1.54) is 12.8 Å². The van der Waals surface area contributed by atoms with Crippen molar-refractivity contribution in [1.82, 2.24) is 19.5 Å². The van der Waals surface area contributed by atoms with Gasteiger partial charge in [0.05, 0.1) is 11.7 Å². The molecule has 7 nitrogen and oxygen atoms in total. The summed E-state index contributed by atoms with van der Waals surface area (Å²) in [6.45, 7) is 2.01. The third-order valence-electron chi connectivity index (χ3n) is 7.33. The van der Waals surface area contributed by atoms with Gasteiger partial charge in [0.25, 0.3) is 0 Å². The van der Waals surface area contributed by atoms with Crippen molar-refractivity contribution in [3.63, 3.8) is 0 Å². The molecule has 2 saturated heterocycles. The van der Waals surface area contributed by atoms with E-state index in [1.54, 1.807) is 4.52 Å². The van der Waals surface area contributed by atoms with Crippen LogP contribution in [0.3, 0.4) is 0 Å². The first-order valence-electron chi connectivity index (χ1n) is 11.7. The van der Waals surface area contributed by atoms with E-state index in [9.17, 15) is 4.79 Å². The van der Waals surface area contributed by atoms with E-state index in [4.69, 9.17) is 4.74 Å². The van der Waals surface area contributed by atoms with Gasteiger partial charge >= 0.3 is 0 Å². The van der Waals surface area contributed by atoms with Gasteiger partial charge in [-0.25, -0.2) is 4.52 Å². The number of anilines is 1. The number of carbonyl (C=O) groups excluding carboxylic acids is 1. The predicted octanol–water partition coefficient (Wildman–Crippen LogP) is 4.06. The van der Waals surface area contributed by atoms with Crippen LogP contribution in [0, 0.1) is 12.8 Å². The van der Waals surface area contributed by atoms with Crippen LogP contribution in [0.4, 0.5) is 5.82 Å². The molecule has 1 saturated carbocycles. The number of nitrogens with zero attached hydrogens (tertiary/aromatic N) is 4. The van der Waals surface area contributed by atoms with Crippen LogP contribution in [0.25, 0.3) is 16.6 Å². The summed E-state index contributed by atoms with van der Waals surface area (Å²) in [5.74, 6) is 1.67. The second-order valence-electron chi connectivity index (χ2n) is 9.66. The molecule has 0 spiro atoms. The first-order valence-corrected chi connectivity index (χ1v) is 11.7. The lowest BCUT2D eigenvalue weighted by atomic mass is 10.00. The van der Waals surface area contributed by atoms with Gasteiger partial charge in [0, 0.05) is 41.5 Å². The van der Waals surface area contributed by atoms with Crippen LogP contribution in [0.1, 0.15) is 44.2 Å². The minimum absolute atomic E-state index is 0.0705. The number of rotatable bonds is 5. The van der Waals surface area contributed by atoms with Gasteiger partial charge in [-0.3, -0.25) is 9.78 Å². The average molecular weight is 432 g/mol. The Morgan fingerprint density at radius 3 is 2.66 bits per heavy atom. The summed E-state index contributed by atoms with van der Waals surface area (Å²) in [5, 5.41) is 7.43. The van der Waals surface area contributed by atoms with E-state index < -0.39 is 0 Å². The Balaban J connectivity index is 1.28. The van der Waals surface area contributed by atoms with Crippen LogP contribution in [0.15, 0.2) is 36.7 Å². The highest BCUT2D eigenvalue weighted by molar-refractivity contribution is 5.93. The van der Waals surface area contributed by atoms with Gasteiger partial charge in [-0.05, 0) is 76.3 Å². The number of carbonyl (C=O) groups is 1. The molecule has 2 bridgehead atoms. The summed E-state index contributed by atoms with van der Waals surface area (Å²) in [6, 6.07) is 9.43. The molecule has 3 atom stereocenters. The fourth-order valence-corrected chi connectivity index (χ4v) is 5.30. The van der Waals surface area contributed by atoms with Crippen LogP contribution < -0.4 is 10.1 Å². The second-order valence-corrected chi connectivity index (χ2v) is 9.66. The normalized spacial score (nSPS) is 25.2. The molecule has 0 radical (unpaired) electrons. The van der Waals surface area contributed by atoms with Crippen LogP contribution in [0.2, 0.25) is 0 Å². The zero-order valence-corrected chi connectivity index (χ0v) is 18.6. The van der Waals surface area contributed by atoms with Gasteiger partial charge in [-0.1, -0.05) is 0 Å². The van der Waals surface area contributed by atoms with Crippen LogP contribution in [0.5, 0.6) is 5.75 Å². The molecule has 1 N–H and O–H groups in total. The van der Waals surface area contributed by atoms with Gasteiger partial charge in [-0.15, -0.1) is 0 Å². The SMILES string of the molecule is Cc1cc(-c2ccn3nc(NC(=O)C4CC4)cc3c2)c(OC2C[C@H]3CC[C@@H](C2)N3C)cn1. The zero-order valence-electron chi connectivity index (χ0n) is 18.6. The summed E-state index contributed by atoms with van der Waals surface area (Å²) in [6.07, 6.45) is 10.7. The van der Waals surface area contributed by atoms with Crippen molar-refractivity contribution >= 4 is 17.2 Å². The molecule has 1 aliphatic carbocycles. The van der Waals surface area contributed by atoms with Crippen LogP contribution in [-0.2, 0) is 4.79 Å². The minimum Gasteiger partial charge on any atom is -0.488 e. The maximum Gasteiger partial charge on any atom is 0.228 e. The number of piperidine rings is 1. The first-order chi connectivity index (χ1) is 15.5. The Bertz CT molecular complexity index is 1170. The molecule has 3 fully saturated rings. The highest BCUT2D eigenvalue weighted by Gasteiger charge is 2.39. The Hall–Kier alpha value is -2.93. The highest BCUT2D eigenvalue weighted by atomic mass is 16.5. The van der Waals surface area contributed by atoms with Gasteiger partial charge < -0.3 is 15.0 Å². The summed E-state index contributed by atoms with van der Waals surface area (Å²) in [4.78, 5) is 19.1. The number of fused-ring (bicyclic) bond motifs is 3. The molecule has 6 rings (SSSR count). The lowest BCUT2D eigenvalue weighted by molar-refractivity contribution is -0.117. The molecule has 3 aliphatic rings. The fourth-order valence-electron chi connectivity index (χ4n) is 5.30. The lowest BCUT2D eigenvalue weighted by Crippen LogP contribution is -2.43. The number of nitrogens with one attached hydrogen (secondary N) is 1. The third-order valence-corrected chi connectivity index (χ3v) is 7.33. The number of amides is 1. The molecule has 3 aromatic rings. The van der Waals surface area contributed by atoms with Crippen molar-refractivity contribution < 1.29 is 9.53 Å². The van der Waals surface area contributed by atoms with Crippen molar-refractivity contribution in [3.8, 4) is 16.9 Å². The van der Waals surface area contributed by atoms with Crippen molar-refractivity contribution in [1.29, 1.82) is 0 Å². The average Bonchev–Trinajstić information content (AvgIpc) is 3.52. The smallest absolute Gasteiger partial charge is 0.228 e. The van der Waals surface area contributed by atoms with Gasteiger partial charge in [0.2, 0.25) is 5.91 Å². The van der Waals surface area contributed by atoms with Crippen LogP contribution >= 0.6 is 0 Å². The highest BCUT2D eigenvalue weighted by Crippen LogP contribution is 2.38. The molecule has 7 heteroatoms. The van der Waals surface area contributed by atoms with E-state index in [1.807, 2.05) is 31.5 Å². The summed E-state index contributed by atoms with van der Waals surface area (Å²) >= 11 is 0. The maximum atomic E-state index is 12.1. The Morgan fingerprint density at radius 2 is 1.91 bits per heavy atom. The molecule has 5 heterocycles. The predicted molar refractivity (Wildman–Crippen MR) is 123 cm³/mol. The minimum atomic E-state index is 0.0705. The molecule has 166 valence electrons. The summed E-state index contributed by atoms with van der Waals surface area (Å²) < 4.78 is 8.36. The van der Waals surface area contributed by atoms with E-state index >= 15 is 0 Å². The Morgan fingerprint density at radius 1 is 1.12 bits per heavy atom. The maximum absolute atomic E-state index is 12.1. The van der Waals surface area contributed by atoms with Crippen molar-refractivity contribution in [2.45, 2.75) is 63.6 Å². The lowest BCUT2D eigenvalue weighted by Gasteiger charge is -2.36. The quantitative estimate of drug-likeness (QED) is 0.660. The molecule has 1 unspecified atom stereocenters. The molecular formula is C25H29N5O2. The molecule has 32 heavy (non-hydrogen) atoms. The number of ether oxygens (including phenoxy) is 1. The molecule has 0 aromatic carbocycles. The number of hydrogen-bond donors (Lipinski definition) is 1. The number of pyridine rings is 2. The first kappa shape index (κ1) is 19.7.